The van der Waals surface area contributed by atoms with Gasteiger partial charge in [0.1, 0.15) is 0 Å². The maximum absolute atomic E-state index is 5.43. The van der Waals surface area contributed by atoms with Crippen LogP contribution in [-0.2, 0) is 19.6 Å². The molecule has 0 spiro atoms. The van der Waals surface area contributed by atoms with Crippen LogP contribution in [0.25, 0.3) is 0 Å². The number of halogens is 1. The molecule has 0 fully saturated rings. The van der Waals surface area contributed by atoms with E-state index < -0.39 is 0 Å². The Morgan fingerprint density at radius 1 is 1.03 bits per heavy atom. The Morgan fingerprint density at radius 3 is 2.57 bits per heavy atom. The standard InChI is InChI=1S/C22H25N5O2.HI/c1-2-24-22(26-13-19-7-8-20-21(11-19)29-16-28-20)25-12-17-3-5-18(6-4-17)14-27-10-9-23-15-27;/h3-11,15H,2,12-14,16H2,1H3,(H2,24,25,26);1H. The summed E-state index contributed by atoms with van der Waals surface area (Å²) in [7, 11) is 0. The van der Waals surface area contributed by atoms with Crippen LogP contribution < -0.4 is 20.1 Å². The van der Waals surface area contributed by atoms with Crippen LogP contribution >= 0.6 is 24.0 Å². The van der Waals surface area contributed by atoms with Crippen molar-refractivity contribution in [2.45, 2.75) is 26.6 Å². The van der Waals surface area contributed by atoms with E-state index >= 15 is 0 Å². The zero-order chi connectivity index (χ0) is 19.9. The average Bonchev–Trinajstić information content (AvgIpc) is 3.42. The first kappa shape index (κ1) is 21.9. The van der Waals surface area contributed by atoms with Crippen molar-refractivity contribution >= 4 is 29.9 Å². The molecule has 0 saturated carbocycles. The number of rotatable bonds is 7. The van der Waals surface area contributed by atoms with Gasteiger partial charge in [0.05, 0.1) is 12.9 Å². The van der Waals surface area contributed by atoms with Crippen molar-refractivity contribution in [3.8, 4) is 11.5 Å². The van der Waals surface area contributed by atoms with Gasteiger partial charge in [0.25, 0.3) is 0 Å². The number of guanidine groups is 1. The summed E-state index contributed by atoms with van der Waals surface area (Å²) in [6.07, 6.45) is 5.59. The lowest BCUT2D eigenvalue weighted by molar-refractivity contribution is 0.174. The number of aliphatic imine (C=N–C) groups is 1. The summed E-state index contributed by atoms with van der Waals surface area (Å²) in [5.41, 5.74) is 3.53. The van der Waals surface area contributed by atoms with Gasteiger partial charge in [0.15, 0.2) is 17.5 Å². The number of hydrogen-bond acceptors (Lipinski definition) is 4. The van der Waals surface area contributed by atoms with E-state index in [1.165, 1.54) is 11.1 Å². The number of fused-ring (bicyclic) bond motifs is 1. The van der Waals surface area contributed by atoms with Gasteiger partial charge in [-0.3, -0.25) is 0 Å². The second-order valence-electron chi connectivity index (χ2n) is 6.79. The van der Waals surface area contributed by atoms with Crippen LogP contribution in [0.1, 0.15) is 23.6 Å². The first-order valence-electron chi connectivity index (χ1n) is 9.74. The maximum atomic E-state index is 5.43. The minimum Gasteiger partial charge on any atom is -0.454 e. The number of benzene rings is 2. The number of nitrogens with zero attached hydrogens (tertiary/aromatic N) is 3. The lowest BCUT2D eigenvalue weighted by atomic mass is 10.1. The molecule has 4 rings (SSSR count). The van der Waals surface area contributed by atoms with Crippen molar-refractivity contribution in [1.82, 2.24) is 20.2 Å². The van der Waals surface area contributed by atoms with Crippen LogP contribution in [0.2, 0.25) is 0 Å². The summed E-state index contributed by atoms with van der Waals surface area (Å²) in [6, 6.07) is 14.5. The second-order valence-corrected chi connectivity index (χ2v) is 6.79. The zero-order valence-electron chi connectivity index (χ0n) is 16.9. The molecule has 3 aromatic rings. The van der Waals surface area contributed by atoms with Crippen molar-refractivity contribution < 1.29 is 9.47 Å². The Morgan fingerprint density at radius 2 is 1.80 bits per heavy atom. The van der Waals surface area contributed by atoms with E-state index in [-0.39, 0.29) is 30.8 Å². The lowest BCUT2D eigenvalue weighted by Crippen LogP contribution is -2.36. The molecule has 1 aliphatic heterocycles. The number of hydrogen-bond donors (Lipinski definition) is 2. The highest BCUT2D eigenvalue weighted by molar-refractivity contribution is 14.0. The van der Waals surface area contributed by atoms with Crippen molar-refractivity contribution in [2.24, 2.45) is 4.99 Å². The highest BCUT2D eigenvalue weighted by Gasteiger charge is 2.12. The van der Waals surface area contributed by atoms with Crippen LogP contribution in [-0.4, -0.2) is 28.8 Å². The topological polar surface area (TPSA) is 72.7 Å². The molecule has 0 bridgehead atoms. The van der Waals surface area contributed by atoms with Crippen molar-refractivity contribution in [1.29, 1.82) is 0 Å². The highest BCUT2D eigenvalue weighted by atomic mass is 127. The van der Waals surface area contributed by atoms with Crippen LogP contribution in [0.15, 0.2) is 66.2 Å². The number of nitrogens with one attached hydrogen (secondary N) is 2. The smallest absolute Gasteiger partial charge is 0.231 e. The summed E-state index contributed by atoms with van der Waals surface area (Å²) in [4.78, 5) is 8.76. The zero-order valence-corrected chi connectivity index (χ0v) is 19.2. The van der Waals surface area contributed by atoms with Gasteiger partial charge in [-0.15, -0.1) is 24.0 Å². The minimum atomic E-state index is 0. The lowest BCUT2D eigenvalue weighted by Gasteiger charge is -2.12. The Kier molecular flexibility index (Phi) is 7.95. The van der Waals surface area contributed by atoms with Gasteiger partial charge in [-0.05, 0) is 35.7 Å². The molecular formula is C22H26IN5O2. The molecule has 0 unspecified atom stereocenters. The quantitative estimate of drug-likeness (QED) is 0.284. The predicted molar refractivity (Wildman–Crippen MR) is 127 cm³/mol. The summed E-state index contributed by atoms with van der Waals surface area (Å²) in [6.45, 7) is 5.24. The molecule has 2 N–H and O–H groups in total. The van der Waals surface area contributed by atoms with Crippen LogP contribution in [0.5, 0.6) is 11.5 Å². The monoisotopic (exact) mass is 519 g/mol. The van der Waals surface area contributed by atoms with Crippen LogP contribution in [0.3, 0.4) is 0 Å². The Bertz CT molecular complexity index is 958. The summed E-state index contributed by atoms with van der Waals surface area (Å²) < 4.78 is 12.8. The summed E-state index contributed by atoms with van der Waals surface area (Å²) in [5, 5.41) is 6.68. The first-order chi connectivity index (χ1) is 14.3. The fourth-order valence-corrected chi connectivity index (χ4v) is 3.09. The van der Waals surface area contributed by atoms with E-state index in [2.05, 4.69) is 56.4 Å². The molecule has 30 heavy (non-hydrogen) atoms. The Hall–Kier alpha value is -2.75. The van der Waals surface area contributed by atoms with Gasteiger partial charge < -0.3 is 24.7 Å². The fourth-order valence-electron chi connectivity index (χ4n) is 3.09. The number of aromatic nitrogens is 2. The van der Waals surface area contributed by atoms with E-state index in [9.17, 15) is 0 Å². The molecule has 0 radical (unpaired) electrons. The summed E-state index contributed by atoms with van der Waals surface area (Å²) in [5.74, 6) is 2.36. The minimum absolute atomic E-state index is 0. The molecule has 0 saturated heterocycles. The molecule has 7 nitrogen and oxygen atoms in total. The molecule has 158 valence electrons. The van der Waals surface area contributed by atoms with E-state index in [0.717, 1.165) is 36.1 Å². The predicted octanol–water partition coefficient (Wildman–Crippen LogP) is 3.53. The van der Waals surface area contributed by atoms with E-state index in [1.54, 1.807) is 6.20 Å². The van der Waals surface area contributed by atoms with E-state index in [4.69, 9.17) is 9.47 Å². The molecule has 0 atom stereocenters. The SMILES string of the molecule is CCNC(=NCc1ccc2c(c1)OCO2)NCc1ccc(Cn2ccnc2)cc1.I. The summed E-state index contributed by atoms with van der Waals surface area (Å²) >= 11 is 0. The molecule has 0 aliphatic carbocycles. The molecule has 2 heterocycles. The average molecular weight is 519 g/mol. The third-order valence-corrected chi connectivity index (χ3v) is 4.61. The third-order valence-electron chi connectivity index (χ3n) is 4.61. The number of imidazole rings is 1. The van der Waals surface area contributed by atoms with Gasteiger partial charge in [-0.25, -0.2) is 9.98 Å². The van der Waals surface area contributed by atoms with Gasteiger partial charge in [0.2, 0.25) is 6.79 Å². The molecule has 8 heteroatoms. The normalized spacial score (nSPS) is 12.4. The second kappa shape index (κ2) is 10.9. The maximum Gasteiger partial charge on any atom is 0.231 e. The molecule has 1 aromatic heterocycles. The third kappa shape index (κ3) is 5.88. The van der Waals surface area contributed by atoms with Crippen molar-refractivity contribution in [2.75, 3.05) is 13.3 Å². The van der Waals surface area contributed by atoms with Crippen molar-refractivity contribution in [3.63, 3.8) is 0 Å². The Labute approximate surface area is 193 Å². The van der Waals surface area contributed by atoms with Crippen LogP contribution in [0.4, 0.5) is 0 Å². The first-order valence-corrected chi connectivity index (χ1v) is 9.74. The largest absolute Gasteiger partial charge is 0.454 e. The van der Waals surface area contributed by atoms with Gasteiger partial charge in [0, 0.05) is 32.0 Å². The molecular weight excluding hydrogens is 493 g/mol. The highest BCUT2D eigenvalue weighted by Crippen LogP contribution is 2.32. The van der Waals surface area contributed by atoms with Crippen molar-refractivity contribution in [3.05, 3.63) is 77.9 Å². The molecule has 2 aromatic carbocycles. The Balaban J connectivity index is 0.00000256. The van der Waals surface area contributed by atoms with E-state index in [1.807, 2.05) is 30.7 Å². The molecule has 0 amide bonds. The van der Waals surface area contributed by atoms with E-state index in [0.29, 0.717) is 13.1 Å². The van der Waals surface area contributed by atoms with Crippen LogP contribution in [0, 0.1) is 0 Å². The van der Waals surface area contributed by atoms with Gasteiger partial charge in [-0.2, -0.15) is 0 Å². The fraction of sp³-hybridized carbons (Fsp3) is 0.273. The van der Waals surface area contributed by atoms with Gasteiger partial charge >= 0.3 is 0 Å². The number of ether oxygens (including phenoxy) is 2. The molecule has 1 aliphatic rings. The van der Waals surface area contributed by atoms with Gasteiger partial charge in [-0.1, -0.05) is 30.3 Å².